The Morgan fingerprint density at radius 1 is 1.47 bits per heavy atom. The van der Waals surface area contributed by atoms with Crippen molar-refractivity contribution in [1.29, 1.82) is 5.26 Å². The fraction of sp³-hybridized carbons (Fsp3) is 0.364. The normalized spacial score (nSPS) is 13.3. The van der Waals surface area contributed by atoms with E-state index in [0.717, 1.165) is 4.31 Å². The van der Waals surface area contributed by atoms with Crippen molar-refractivity contribution in [1.82, 2.24) is 4.31 Å². The summed E-state index contributed by atoms with van der Waals surface area (Å²) in [5.41, 5.74) is 5.94. The topological polar surface area (TPSA) is 87.2 Å². The lowest BCUT2D eigenvalue weighted by Gasteiger charge is -2.23. The van der Waals surface area contributed by atoms with E-state index < -0.39 is 16.1 Å². The predicted octanol–water partition coefficient (Wildman–Crippen LogP) is 2.72. The van der Waals surface area contributed by atoms with Gasteiger partial charge in [-0.3, -0.25) is 0 Å². The highest BCUT2D eigenvalue weighted by molar-refractivity contribution is 9.11. The van der Waals surface area contributed by atoms with Crippen LogP contribution < -0.4 is 5.73 Å². The van der Waals surface area contributed by atoms with Gasteiger partial charge in [-0.05, 0) is 35.0 Å². The monoisotopic (exact) mass is 409 g/mol. The van der Waals surface area contributed by atoms with E-state index in [1.54, 1.807) is 13.0 Å². The third kappa shape index (κ3) is 3.48. The molecule has 2 N–H and O–H groups in total. The molecule has 1 unspecified atom stereocenters. The van der Waals surface area contributed by atoms with Gasteiger partial charge in [0.05, 0.1) is 18.2 Å². The first kappa shape index (κ1) is 16.4. The Bertz CT molecular complexity index is 602. The number of halogens is 2. The molecule has 1 aromatic carbocycles. The highest BCUT2D eigenvalue weighted by Crippen LogP contribution is 2.33. The zero-order valence-electron chi connectivity index (χ0n) is 10.4. The van der Waals surface area contributed by atoms with Crippen molar-refractivity contribution >= 4 is 47.6 Å². The van der Waals surface area contributed by atoms with Gasteiger partial charge in [0.25, 0.3) is 0 Å². The minimum absolute atomic E-state index is 0.0167. The quantitative estimate of drug-likeness (QED) is 0.773. The van der Waals surface area contributed by atoms with Gasteiger partial charge in [-0.15, -0.1) is 0 Å². The molecule has 5 nitrogen and oxygen atoms in total. The van der Waals surface area contributed by atoms with Crippen LogP contribution >= 0.6 is 31.9 Å². The molecule has 0 aliphatic carbocycles. The summed E-state index contributed by atoms with van der Waals surface area (Å²) in [7, 11) is -2.31. The van der Waals surface area contributed by atoms with Crippen LogP contribution in [-0.2, 0) is 10.0 Å². The van der Waals surface area contributed by atoms with E-state index in [1.165, 1.54) is 13.1 Å². The van der Waals surface area contributed by atoms with E-state index in [9.17, 15) is 8.42 Å². The maximum atomic E-state index is 12.5. The summed E-state index contributed by atoms with van der Waals surface area (Å²) in [6.45, 7) is 1.67. The second kappa shape index (κ2) is 6.22. The highest BCUT2D eigenvalue weighted by atomic mass is 79.9. The van der Waals surface area contributed by atoms with Gasteiger partial charge in [0.15, 0.2) is 0 Å². The molecule has 0 fully saturated rings. The molecule has 0 saturated heterocycles. The molecule has 8 heteroatoms. The van der Waals surface area contributed by atoms with Crippen molar-refractivity contribution in [2.75, 3.05) is 12.8 Å². The molecule has 0 aromatic heterocycles. The standard InChI is InChI=1S/C11H13Br2N3O2S/c1-7(3-4-14)16(2)19(17,18)11-9(13)5-8(12)6-10(11)15/h5-7H,3,15H2,1-2H3. The van der Waals surface area contributed by atoms with Crippen LogP contribution in [0.4, 0.5) is 5.69 Å². The summed E-state index contributed by atoms with van der Waals surface area (Å²) in [5.74, 6) is 0. The number of nitrogens with two attached hydrogens (primary N) is 1. The molecule has 104 valence electrons. The van der Waals surface area contributed by atoms with Crippen LogP contribution in [0.1, 0.15) is 13.3 Å². The Morgan fingerprint density at radius 2 is 2.05 bits per heavy atom. The fourth-order valence-electron chi connectivity index (χ4n) is 1.49. The highest BCUT2D eigenvalue weighted by Gasteiger charge is 2.29. The van der Waals surface area contributed by atoms with Gasteiger partial charge in [0.1, 0.15) is 4.90 Å². The molecule has 1 aromatic rings. The summed E-state index contributed by atoms with van der Waals surface area (Å²) >= 11 is 6.45. The zero-order valence-corrected chi connectivity index (χ0v) is 14.4. The predicted molar refractivity (Wildman–Crippen MR) is 80.9 cm³/mol. The lowest BCUT2D eigenvalue weighted by Crippen LogP contribution is -2.35. The van der Waals surface area contributed by atoms with Gasteiger partial charge < -0.3 is 5.73 Å². The average molecular weight is 411 g/mol. The third-order valence-corrected chi connectivity index (χ3v) is 6.12. The lowest BCUT2D eigenvalue weighted by atomic mass is 10.3. The second-order valence-electron chi connectivity index (χ2n) is 4.04. The Kier molecular flexibility index (Phi) is 5.38. The van der Waals surface area contributed by atoms with Crippen LogP contribution in [0.2, 0.25) is 0 Å². The van der Waals surface area contributed by atoms with E-state index in [2.05, 4.69) is 31.9 Å². The molecule has 0 amide bonds. The van der Waals surface area contributed by atoms with Gasteiger partial charge in [0.2, 0.25) is 10.0 Å². The molecule has 0 aliphatic rings. The number of hydrogen-bond donors (Lipinski definition) is 1. The first-order chi connectivity index (χ1) is 8.71. The zero-order chi connectivity index (χ0) is 14.8. The number of rotatable bonds is 4. The van der Waals surface area contributed by atoms with Crippen molar-refractivity contribution in [2.24, 2.45) is 0 Å². The average Bonchev–Trinajstić information content (AvgIpc) is 2.26. The summed E-state index contributed by atoms with van der Waals surface area (Å²) in [5, 5.41) is 8.66. The molecule has 1 rings (SSSR count). The molecule has 0 saturated carbocycles. The van der Waals surface area contributed by atoms with Gasteiger partial charge in [-0.2, -0.15) is 9.57 Å². The van der Waals surface area contributed by atoms with Crippen LogP contribution in [0.3, 0.4) is 0 Å². The Hall–Kier alpha value is -0.620. The van der Waals surface area contributed by atoms with Crippen LogP contribution in [0.5, 0.6) is 0 Å². The number of nitrogen functional groups attached to an aromatic ring is 1. The van der Waals surface area contributed by atoms with Crippen LogP contribution in [0, 0.1) is 11.3 Å². The van der Waals surface area contributed by atoms with E-state index >= 15 is 0 Å². The fourth-order valence-corrected chi connectivity index (χ4v) is 4.86. The van der Waals surface area contributed by atoms with Crippen molar-refractivity contribution < 1.29 is 8.42 Å². The largest absolute Gasteiger partial charge is 0.398 e. The Morgan fingerprint density at radius 3 is 2.53 bits per heavy atom. The first-order valence-corrected chi connectivity index (χ1v) is 8.34. The number of nitriles is 1. The Labute approximate surface area is 129 Å². The van der Waals surface area contributed by atoms with Crippen molar-refractivity contribution in [2.45, 2.75) is 24.3 Å². The van der Waals surface area contributed by atoms with E-state index in [0.29, 0.717) is 8.95 Å². The van der Waals surface area contributed by atoms with E-state index in [1.807, 2.05) is 6.07 Å². The van der Waals surface area contributed by atoms with Crippen molar-refractivity contribution in [3.05, 3.63) is 21.1 Å². The van der Waals surface area contributed by atoms with Gasteiger partial charge in [-0.1, -0.05) is 15.9 Å². The second-order valence-corrected chi connectivity index (χ2v) is 7.74. The summed E-state index contributed by atoms with van der Waals surface area (Å²) in [4.78, 5) is 0.0167. The molecular weight excluding hydrogens is 398 g/mol. The van der Waals surface area contributed by atoms with Crippen LogP contribution in [0.15, 0.2) is 26.0 Å². The maximum absolute atomic E-state index is 12.5. The van der Waals surface area contributed by atoms with Crippen LogP contribution in [-0.4, -0.2) is 25.8 Å². The number of hydrogen-bond acceptors (Lipinski definition) is 4. The summed E-state index contributed by atoms with van der Waals surface area (Å²) < 4.78 is 27.2. The molecule has 0 aliphatic heterocycles. The molecular formula is C11H13Br2N3O2S. The molecule has 19 heavy (non-hydrogen) atoms. The van der Waals surface area contributed by atoms with Crippen molar-refractivity contribution in [3.63, 3.8) is 0 Å². The summed E-state index contributed by atoms with van der Waals surface area (Å²) in [6, 6.07) is 4.67. The molecule has 0 radical (unpaired) electrons. The smallest absolute Gasteiger partial charge is 0.246 e. The van der Waals surface area contributed by atoms with Gasteiger partial charge >= 0.3 is 0 Å². The number of sulfonamides is 1. The molecule has 0 heterocycles. The minimum atomic E-state index is -3.75. The number of benzene rings is 1. The first-order valence-electron chi connectivity index (χ1n) is 5.31. The minimum Gasteiger partial charge on any atom is -0.398 e. The molecule has 1 atom stereocenters. The number of nitrogens with zero attached hydrogens (tertiary/aromatic N) is 2. The summed E-state index contributed by atoms with van der Waals surface area (Å²) in [6.07, 6.45) is 0.115. The van der Waals surface area contributed by atoms with E-state index in [-0.39, 0.29) is 17.0 Å². The third-order valence-electron chi connectivity index (χ3n) is 2.68. The van der Waals surface area contributed by atoms with Crippen molar-refractivity contribution in [3.8, 4) is 6.07 Å². The SMILES string of the molecule is CC(CC#N)N(C)S(=O)(=O)c1c(N)cc(Br)cc1Br. The van der Waals surface area contributed by atoms with Gasteiger partial charge in [-0.25, -0.2) is 8.42 Å². The maximum Gasteiger partial charge on any atom is 0.246 e. The van der Waals surface area contributed by atoms with Crippen LogP contribution in [0.25, 0.3) is 0 Å². The molecule has 0 spiro atoms. The number of anilines is 1. The Balaban J connectivity index is 3.33. The lowest BCUT2D eigenvalue weighted by molar-refractivity contribution is 0.393. The van der Waals surface area contributed by atoms with E-state index in [4.69, 9.17) is 11.0 Å². The van der Waals surface area contributed by atoms with Gasteiger partial charge in [0, 0.05) is 22.0 Å². The molecule has 0 bridgehead atoms.